The number of fused-ring (bicyclic) bond motifs is 6. The van der Waals surface area contributed by atoms with Crippen LogP contribution in [0, 0.1) is 0 Å². The predicted octanol–water partition coefficient (Wildman–Crippen LogP) is 8.22. The van der Waals surface area contributed by atoms with Crippen molar-refractivity contribution in [1.82, 2.24) is 0 Å². The smallest absolute Gasteiger partial charge is 0.228 e. The number of hydrogen-bond donors (Lipinski definition) is 0. The average Bonchev–Trinajstić information content (AvgIpc) is 3.83. The van der Waals surface area contributed by atoms with E-state index in [0.717, 1.165) is 11.1 Å². The average molecular weight is 695 g/mol. The van der Waals surface area contributed by atoms with Gasteiger partial charge in [-0.1, -0.05) is 13.8 Å². The molecule has 52 heavy (non-hydrogen) atoms. The maximum Gasteiger partial charge on any atom is 0.228 e. The van der Waals surface area contributed by atoms with Crippen molar-refractivity contribution in [3.63, 3.8) is 0 Å². The zero-order chi connectivity index (χ0) is 35.8. The van der Waals surface area contributed by atoms with Crippen molar-refractivity contribution in [2.45, 2.75) is 50.4 Å². The third kappa shape index (κ3) is 3.73. The SMILES string of the molecule is COc1ccc(OOc2ccc(OC)c3cc4c(cc23)[C@]2(C)CCC(=O)c3coc(c32)C4=O)c2cc3c(cc12)[C@@]1(C)CCC(=O)c2coc(c21)C3=O. The van der Waals surface area contributed by atoms with Gasteiger partial charge in [-0.2, -0.15) is 0 Å². The molecule has 0 spiro atoms. The highest BCUT2D eigenvalue weighted by molar-refractivity contribution is 6.18. The van der Waals surface area contributed by atoms with Gasteiger partial charge in [0.2, 0.25) is 11.6 Å². The molecule has 258 valence electrons. The number of Topliss-reactive ketones (excluding diaryl/α,β-unsaturated/α-hetero) is 2. The summed E-state index contributed by atoms with van der Waals surface area (Å²) in [5.41, 5.74) is 3.46. The molecular weight excluding hydrogens is 664 g/mol. The molecule has 2 aromatic heterocycles. The fraction of sp³-hybridized carbons (Fsp3) is 0.238. The van der Waals surface area contributed by atoms with Crippen LogP contribution in [0.15, 0.2) is 69.9 Å². The molecule has 0 unspecified atom stereocenters. The summed E-state index contributed by atoms with van der Waals surface area (Å²) in [5, 5.41) is 2.56. The van der Waals surface area contributed by atoms with E-state index < -0.39 is 10.8 Å². The minimum Gasteiger partial charge on any atom is -0.496 e. The molecule has 4 aliphatic rings. The van der Waals surface area contributed by atoms with Crippen LogP contribution in [0.5, 0.6) is 23.0 Å². The van der Waals surface area contributed by atoms with Crippen LogP contribution in [0.4, 0.5) is 0 Å². The van der Waals surface area contributed by atoms with Crippen LogP contribution >= 0.6 is 0 Å². The van der Waals surface area contributed by atoms with Gasteiger partial charge in [-0.3, -0.25) is 29.0 Å². The number of rotatable bonds is 5. The van der Waals surface area contributed by atoms with Crippen molar-refractivity contribution in [1.29, 1.82) is 0 Å². The summed E-state index contributed by atoms with van der Waals surface area (Å²) < 4.78 is 22.9. The van der Waals surface area contributed by atoms with Gasteiger partial charge in [0.25, 0.3) is 0 Å². The molecule has 0 N–H and O–H groups in total. The van der Waals surface area contributed by atoms with E-state index in [1.165, 1.54) is 12.5 Å². The number of carbonyl (C=O) groups is 4. The summed E-state index contributed by atoms with van der Waals surface area (Å²) >= 11 is 0. The second-order valence-corrected chi connectivity index (χ2v) is 14.5. The van der Waals surface area contributed by atoms with E-state index in [9.17, 15) is 19.2 Å². The number of benzene rings is 4. The number of carbonyl (C=O) groups excluding carboxylic acids is 4. The molecule has 0 bridgehead atoms. The second kappa shape index (κ2) is 10.2. The van der Waals surface area contributed by atoms with E-state index in [1.807, 2.05) is 26.0 Å². The number of hydrogen-bond acceptors (Lipinski definition) is 10. The Morgan fingerprint density at radius 1 is 0.538 bits per heavy atom. The van der Waals surface area contributed by atoms with Crippen LogP contribution < -0.4 is 19.2 Å². The van der Waals surface area contributed by atoms with E-state index in [1.54, 1.807) is 50.6 Å². The van der Waals surface area contributed by atoms with Gasteiger partial charge >= 0.3 is 0 Å². The number of ether oxygens (including phenoxy) is 2. The lowest BCUT2D eigenvalue weighted by molar-refractivity contribution is -0.0969. The number of furan rings is 2. The van der Waals surface area contributed by atoms with Crippen LogP contribution in [0.3, 0.4) is 0 Å². The summed E-state index contributed by atoms with van der Waals surface area (Å²) in [5.74, 6) is 1.55. The maximum atomic E-state index is 13.9. The van der Waals surface area contributed by atoms with Crippen molar-refractivity contribution in [3.05, 3.63) is 117 Å². The van der Waals surface area contributed by atoms with Crippen LogP contribution in [-0.2, 0) is 10.8 Å². The molecule has 10 rings (SSSR count). The summed E-state index contributed by atoms with van der Waals surface area (Å²) in [6, 6.07) is 14.4. The van der Waals surface area contributed by atoms with Gasteiger partial charge in [-0.15, -0.1) is 0 Å². The quantitative estimate of drug-likeness (QED) is 0.128. The first-order valence-electron chi connectivity index (χ1n) is 17.1. The van der Waals surface area contributed by atoms with Gasteiger partial charge in [0.1, 0.15) is 24.0 Å². The van der Waals surface area contributed by atoms with E-state index in [2.05, 4.69) is 0 Å². The van der Waals surface area contributed by atoms with Gasteiger partial charge in [0.15, 0.2) is 34.6 Å². The Morgan fingerprint density at radius 2 is 0.923 bits per heavy atom. The monoisotopic (exact) mass is 694 g/mol. The van der Waals surface area contributed by atoms with Crippen LogP contribution in [0.1, 0.15) is 115 Å². The molecule has 4 aliphatic carbocycles. The topological polar surface area (TPSA) is 131 Å². The van der Waals surface area contributed by atoms with Crippen molar-refractivity contribution in [3.8, 4) is 23.0 Å². The van der Waals surface area contributed by atoms with Crippen LogP contribution in [0.2, 0.25) is 0 Å². The summed E-state index contributed by atoms with van der Waals surface area (Å²) in [7, 11) is 3.14. The fourth-order valence-electron chi connectivity index (χ4n) is 9.14. The highest BCUT2D eigenvalue weighted by Crippen LogP contribution is 2.53. The van der Waals surface area contributed by atoms with E-state index in [4.69, 9.17) is 28.1 Å². The van der Waals surface area contributed by atoms with Crippen molar-refractivity contribution in [2.75, 3.05) is 14.2 Å². The van der Waals surface area contributed by atoms with E-state index in [0.29, 0.717) is 104 Å². The molecule has 0 saturated heterocycles. The van der Waals surface area contributed by atoms with E-state index in [-0.39, 0.29) is 34.7 Å². The molecule has 0 fully saturated rings. The molecule has 0 saturated carbocycles. The third-order valence-corrected chi connectivity index (χ3v) is 11.9. The Morgan fingerprint density at radius 3 is 1.37 bits per heavy atom. The Bertz CT molecular complexity index is 2670. The standard InChI is InChI=1S/C42H30O10/c1-41-11-9-29(43)25-17-50-40(35(25)41)38(46)24-14-20-21(15-27(24)41)32(48-4)6-7-33(20)51-52-34-8-5-31(47-3)19-13-23-28(16-22(19)34)42(2)12-10-30(44)26-18-49-39(36(26)42)37(23)45/h5-8,13-18H,9-12H2,1-4H3/t41-,42+/m1/s1. The normalized spacial score (nSPS) is 21.1. The fourth-order valence-corrected chi connectivity index (χ4v) is 9.14. The highest BCUT2D eigenvalue weighted by atomic mass is 17.2. The molecular formula is C42H30O10. The second-order valence-electron chi connectivity index (χ2n) is 14.5. The van der Waals surface area contributed by atoms with Crippen molar-refractivity contribution < 1.29 is 47.3 Å². The Kier molecular flexibility index (Phi) is 6.02. The first kappa shape index (κ1) is 30.6. The molecule has 2 heterocycles. The van der Waals surface area contributed by atoms with Crippen LogP contribution in [-0.4, -0.2) is 37.4 Å². The minimum absolute atomic E-state index is 0.0259. The molecule has 2 atom stereocenters. The maximum absolute atomic E-state index is 13.9. The Balaban J connectivity index is 1.09. The van der Waals surface area contributed by atoms with Crippen molar-refractivity contribution in [2.24, 2.45) is 0 Å². The van der Waals surface area contributed by atoms with Gasteiger partial charge in [-0.25, -0.2) is 0 Å². The predicted molar refractivity (Wildman–Crippen MR) is 187 cm³/mol. The largest absolute Gasteiger partial charge is 0.496 e. The summed E-state index contributed by atoms with van der Waals surface area (Å²) in [6.07, 6.45) is 4.54. The zero-order valence-corrected chi connectivity index (χ0v) is 28.7. The van der Waals surface area contributed by atoms with Crippen molar-refractivity contribution >= 4 is 44.7 Å². The Hall–Kier alpha value is -6.16. The van der Waals surface area contributed by atoms with Crippen LogP contribution in [0.25, 0.3) is 21.5 Å². The molecule has 0 amide bonds. The third-order valence-electron chi connectivity index (χ3n) is 11.9. The van der Waals surface area contributed by atoms with Gasteiger partial charge < -0.3 is 18.3 Å². The first-order chi connectivity index (χ1) is 25.1. The van der Waals surface area contributed by atoms with Gasteiger partial charge in [-0.05, 0) is 72.5 Å². The summed E-state index contributed by atoms with van der Waals surface area (Å²) in [4.78, 5) is 65.5. The van der Waals surface area contributed by atoms with Gasteiger partial charge in [0.05, 0.1) is 25.3 Å². The Labute approximate surface area is 296 Å². The highest BCUT2D eigenvalue weighted by Gasteiger charge is 2.49. The minimum atomic E-state index is -0.640. The number of ketones is 4. The lowest BCUT2D eigenvalue weighted by atomic mass is 9.62. The zero-order valence-electron chi connectivity index (χ0n) is 28.7. The molecule has 10 heteroatoms. The molecule has 0 radical (unpaired) electrons. The molecule has 6 aromatic rings. The number of methoxy groups -OCH3 is 2. The van der Waals surface area contributed by atoms with Gasteiger partial charge in [0, 0.05) is 67.5 Å². The first-order valence-corrected chi connectivity index (χ1v) is 17.1. The lowest BCUT2D eigenvalue weighted by Gasteiger charge is -2.38. The lowest BCUT2D eigenvalue weighted by Crippen LogP contribution is -2.37. The summed E-state index contributed by atoms with van der Waals surface area (Å²) in [6.45, 7) is 4.08. The molecule has 4 aromatic carbocycles. The molecule has 10 nitrogen and oxygen atoms in total. The van der Waals surface area contributed by atoms with E-state index >= 15 is 0 Å². The molecule has 0 aliphatic heterocycles.